The number of rotatable bonds is 4. The molecule has 0 aromatic rings. The summed E-state index contributed by atoms with van der Waals surface area (Å²) in [4.78, 5) is 34.1. The number of thioether (sulfide) groups is 1. The molecule has 0 aromatic heterocycles. The maximum absolute atomic E-state index is 11.4. The number of carbonyl (C=O) groups is 3. The molecule has 1 aliphatic rings. The Bertz CT molecular complexity index is 554. The van der Waals surface area contributed by atoms with E-state index >= 15 is 0 Å². The van der Waals surface area contributed by atoms with Gasteiger partial charge in [0.05, 0.1) is 0 Å². The average Bonchev–Trinajstić information content (AvgIpc) is 2.42. The molecule has 0 bridgehead atoms. The fourth-order valence-corrected chi connectivity index (χ4v) is 3.33. The molecular formula is C13H16Cl3NO7S. The number of halogens is 3. The van der Waals surface area contributed by atoms with Gasteiger partial charge in [0.15, 0.2) is 23.7 Å². The molecule has 12 heteroatoms. The number of esters is 3. The van der Waals surface area contributed by atoms with Gasteiger partial charge < -0.3 is 18.9 Å². The molecule has 0 spiro atoms. The van der Waals surface area contributed by atoms with Crippen molar-refractivity contribution in [2.24, 2.45) is 0 Å². The van der Waals surface area contributed by atoms with E-state index < -0.39 is 51.3 Å². The Labute approximate surface area is 163 Å². The zero-order valence-corrected chi connectivity index (χ0v) is 16.5. The molecular weight excluding hydrogens is 421 g/mol. The van der Waals surface area contributed by atoms with Gasteiger partial charge in [0.2, 0.25) is 5.90 Å². The molecule has 1 N–H and O–H groups in total. The van der Waals surface area contributed by atoms with E-state index in [1.807, 2.05) is 0 Å². The van der Waals surface area contributed by atoms with Crippen LogP contribution in [0.15, 0.2) is 0 Å². The second-order valence-electron chi connectivity index (χ2n) is 4.94. The van der Waals surface area contributed by atoms with Crippen LogP contribution in [0.5, 0.6) is 0 Å². The van der Waals surface area contributed by atoms with Gasteiger partial charge in [-0.3, -0.25) is 19.8 Å². The normalized spacial score (nSPS) is 26.3. The van der Waals surface area contributed by atoms with Gasteiger partial charge in [0.1, 0.15) is 0 Å². The number of hydrogen-bond acceptors (Lipinski definition) is 9. The Balaban J connectivity index is 3.09. The standard InChI is InChI=1S/C13H16Cl3NO7S/c1-5(18)21-8-4-25-11(24-12(17)13(14,15)16)10(23-7(3)20)9(8)22-6(2)19/h8-11,17H,4H2,1-3H3/t8-,9+,10-,11+/m0/s1. The van der Waals surface area contributed by atoms with Crippen molar-refractivity contribution < 1.29 is 33.3 Å². The van der Waals surface area contributed by atoms with Crippen LogP contribution in [0.2, 0.25) is 0 Å². The smallest absolute Gasteiger partial charge is 0.303 e. The number of alkyl halides is 3. The highest BCUT2D eigenvalue weighted by Crippen LogP contribution is 2.36. The Hall–Kier alpha value is -0.900. The minimum atomic E-state index is -2.12. The van der Waals surface area contributed by atoms with Gasteiger partial charge in [-0.05, 0) is 0 Å². The molecule has 0 aliphatic carbocycles. The zero-order valence-electron chi connectivity index (χ0n) is 13.4. The zero-order chi connectivity index (χ0) is 19.4. The van der Waals surface area contributed by atoms with E-state index in [1.54, 1.807) is 0 Å². The van der Waals surface area contributed by atoms with Crippen LogP contribution in [-0.4, -0.2) is 57.1 Å². The van der Waals surface area contributed by atoms with Crippen molar-refractivity contribution in [3.8, 4) is 0 Å². The summed E-state index contributed by atoms with van der Waals surface area (Å²) in [6.07, 6.45) is -3.20. The summed E-state index contributed by atoms with van der Waals surface area (Å²) < 4.78 is 18.6. The molecule has 1 rings (SSSR count). The second kappa shape index (κ2) is 9.16. The lowest BCUT2D eigenvalue weighted by Gasteiger charge is -2.40. The van der Waals surface area contributed by atoms with Crippen molar-refractivity contribution in [1.82, 2.24) is 0 Å². The van der Waals surface area contributed by atoms with E-state index in [1.165, 1.54) is 6.92 Å². The molecule has 1 fully saturated rings. The number of carbonyl (C=O) groups excluding carboxylic acids is 3. The Morgan fingerprint density at radius 1 is 0.920 bits per heavy atom. The van der Waals surface area contributed by atoms with Gasteiger partial charge in [0.25, 0.3) is 3.79 Å². The maximum atomic E-state index is 11.4. The van der Waals surface area contributed by atoms with Crippen LogP contribution < -0.4 is 0 Å². The highest BCUT2D eigenvalue weighted by molar-refractivity contribution is 7.99. The van der Waals surface area contributed by atoms with Crippen molar-refractivity contribution in [1.29, 1.82) is 5.41 Å². The molecule has 1 heterocycles. The Morgan fingerprint density at radius 2 is 1.40 bits per heavy atom. The van der Waals surface area contributed by atoms with Crippen LogP contribution in [0, 0.1) is 5.41 Å². The van der Waals surface area contributed by atoms with Gasteiger partial charge in [-0.1, -0.05) is 34.8 Å². The molecule has 4 atom stereocenters. The summed E-state index contributed by atoms with van der Waals surface area (Å²) in [5.41, 5.74) is -1.01. The van der Waals surface area contributed by atoms with Crippen LogP contribution in [0.3, 0.4) is 0 Å². The van der Waals surface area contributed by atoms with Crippen LogP contribution in [-0.2, 0) is 33.3 Å². The second-order valence-corrected chi connectivity index (χ2v) is 8.35. The highest BCUT2D eigenvalue weighted by Gasteiger charge is 2.49. The summed E-state index contributed by atoms with van der Waals surface area (Å²) >= 11 is 17.8. The van der Waals surface area contributed by atoms with Gasteiger partial charge in [0, 0.05) is 26.5 Å². The molecule has 8 nitrogen and oxygen atoms in total. The summed E-state index contributed by atoms with van der Waals surface area (Å²) in [7, 11) is 0. The van der Waals surface area contributed by atoms with Crippen LogP contribution in [0.1, 0.15) is 20.8 Å². The Kier molecular flexibility index (Phi) is 8.11. The van der Waals surface area contributed by atoms with Crippen molar-refractivity contribution in [3.05, 3.63) is 0 Å². The van der Waals surface area contributed by atoms with E-state index in [4.69, 9.17) is 59.2 Å². The summed E-state index contributed by atoms with van der Waals surface area (Å²) in [5.74, 6) is -2.52. The fraction of sp³-hybridized carbons (Fsp3) is 0.692. The Morgan fingerprint density at radius 3 is 1.84 bits per heavy atom. The average molecular weight is 437 g/mol. The summed E-state index contributed by atoms with van der Waals surface area (Å²) in [6, 6.07) is 0. The molecule has 1 saturated heterocycles. The largest absolute Gasteiger partial charge is 0.459 e. The van der Waals surface area contributed by atoms with E-state index in [2.05, 4.69) is 0 Å². The molecule has 0 aromatic carbocycles. The molecule has 0 radical (unpaired) electrons. The van der Waals surface area contributed by atoms with E-state index in [0.717, 1.165) is 25.6 Å². The van der Waals surface area contributed by atoms with Crippen LogP contribution >= 0.6 is 46.6 Å². The molecule has 0 saturated carbocycles. The van der Waals surface area contributed by atoms with Crippen LogP contribution in [0.4, 0.5) is 0 Å². The lowest BCUT2D eigenvalue weighted by molar-refractivity contribution is -0.187. The number of hydrogen-bond donors (Lipinski definition) is 1. The van der Waals surface area contributed by atoms with Crippen molar-refractivity contribution in [2.45, 2.75) is 48.3 Å². The predicted molar refractivity (Wildman–Crippen MR) is 92.0 cm³/mol. The maximum Gasteiger partial charge on any atom is 0.303 e. The third kappa shape index (κ3) is 7.08. The first-order chi connectivity index (χ1) is 11.4. The summed E-state index contributed by atoms with van der Waals surface area (Å²) in [5, 5.41) is 7.65. The first-order valence-corrected chi connectivity index (χ1v) is 9.05. The minimum absolute atomic E-state index is 0.146. The third-order valence-corrected chi connectivity index (χ3v) is 4.53. The highest BCUT2D eigenvalue weighted by atomic mass is 35.6. The minimum Gasteiger partial charge on any atom is -0.459 e. The topological polar surface area (TPSA) is 112 Å². The van der Waals surface area contributed by atoms with Gasteiger partial charge in [-0.15, -0.1) is 11.8 Å². The number of ether oxygens (including phenoxy) is 4. The monoisotopic (exact) mass is 435 g/mol. The molecule has 142 valence electrons. The predicted octanol–water partition coefficient (Wildman–Crippen LogP) is 2.22. The van der Waals surface area contributed by atoms with Gasteiger partial charge in [-0.25, -0.2) is 0 Å². The first kappa shape index (κ1) is 22.1. The summed E-state index contributed by atoms with van der Waals surface area (Å²) in [6.45, 7) is 3.48. The molecule has 25 heavy (non-hydrogen) atoms. The molecule has 0 unspecified atom stereocenters. The van der Waals surface area contributed by atoms with Crippen molar-refractivity contribution in [3.63, 3.8) is 0 Å². The lowest BCUT2D eigenvalue weighted by atomic mass is 10.1. The molecule has 1 aliphatic heterocycles. The van der Waals surface area contributed by atoms with E-state index in [0.29, 0.717) is 0 Å². The lowest BCUT2D eigenvalue weighted by Crippen LogP contribution is -2.55. The van der Waals surface area contributed by atoms with Crippen LogP contribution in [0.25, 0.3) is 0 Å². The molecule has 0 amide bonds. The third-order valence-electron chi connectivity index (χ3n) is 2.80. The van der Waals surface area contributed by atoms with E-state index in [-0.39, 0.29) is 5.75 Å². The fourth-order valence-electron chi connectivity index (χ4n) is 1.99. The van der Waals surface area contributed by atoms with Gasteiger partial charge >= 0.3 is 17.9 Å². The van der Waals surface area contributed by atoms with Crippen molar-refractivity contribution in [2.75, 3.05) is 5.75 Å². The first-order valence-electron chi connectivity index (χ1n) is 6.87. The quantitative estimate of drug-likeness (QED) is 0.235. The van der Waals surface area contributed by atoms with E-state index in [9.17, 15) is 14.4 Å². The van der Waals surface area contributed by atoms with Crippen molar-refractivity contribution >= 4 is 70.4 Å². The van der Waals surface area contributed by atoms with Gasteiger partial charge in [-0.2, -0.15) is 0 Å². The SMILES string of the molecule is CC(=O)O[C@H]1[C@H](OC(C)=O)[C@H](OC(=N)C(Cl)(Cl)Cl)SC[C@@H]1OC(C)=O. The number of nitrogens with one attached hydrogen (secondary N) is 1.